The maximum Gasteiger partial charge on any atom is 0.267 e. The summed E-state index contributed by atoms with van der Waals surface area (Å²) < 4.78 is 1.91. The predicted octanol–water partition coefficient (Wildman–Crippen LogP) is 4.49. The highest BCUT2D eigenvalue weighted by molar-refractivity contribution is 8.26. The number of rotatable bonds is 5. The van der Waals surface area contributed by atoms with Crippen LogP contribution >= 0.6 is 35.6 Å². The molecule has 0 unspecified atom stereocenters. The minimum atomic E-state index is -0.258. The lowest BCUT2D eigenvalue weighted by molar-refractivity contribution is -0.122. The van der Waals surface area contributed by atoms with Crippen molar-refractivity contribution in [3.63, 3.8) is 0 Å². The fourth-order valence-electron chi connectivity index (χ4n) is 3.26. The fraction of sp³-hybridized carbons (Fsp3) is 0.182. The molecule has 0 bridgehead atoms. The molecule has 158 valence electrons. The van der Waals surface area contributed by atoms with Gasteiger partial charge in [-0.25, -0.2) is 4.98 Å². The summed E-state index contributed by atoms with van der Waals surface area (Å²) in [6.45, 7) is 4.69. The Morgan fingerprint density at radius 1 is 1.23 bits per heavy atom. The van der Waals surface area contributed by atoms with Crippen molar-refractivity contribution >= 4 is 63.3 Å². The van der Waals surface area contributed by atoms with Crippen LogP contribution in [0.4, 0.5) is 5.82 Å². The second-order valence-corrected chi connectivity index (χ2v) is 9.09. The summed E-state index contributed by atoms with van der Waals surface area (Å²) >= 11 is 12.8. The average molecular weight is 471 g/mol. The van der Waals surface area contributed by atoms with Gasteiger partial charge in [-0.05, 0) is 43.2 Å². The molecule has 3 heterocycles. The first-order valence-electron chi connectivity index (χ1n) is 9.64. The molecule has 1 fully saturated rings. The standard InChI is InChI=1S/C22H19ClN4O2S2/c1-3-24-19-15(20(28)26-11-13(2)8-9-18(26)25-19)10-17-21(29)27(22(30)31-17)12-14-6-4-5-7-16(14)23/h4-11,24H,3,12H2,1-2H3. The number of fused-ring (bicyclic) bond motifs is 1. The lowest BCUT2D eigenvalue weighted by atomic mass is 10.2. The molecular weight excluding hydrogens is 452 g/mol. The minimum Gasteiger partial charge on any atom is -0.370 e. The van der Waals surface area contributed by atoms with Crippen LogP contribution in [0, 0.1) is 6.92 Å². The third kappa shape index (κ3) is 4.23. The lowest BCUT2D eigenvalue weighted by Crippen LogP contribution is -2.27. The number of hydrogen-bond donors (Lipinski definition) is 1. The molecule has 2 aromatic heterocycles. The smallest absolute Gasteiger partial charge is 0.267 e. The van der Waals surface area contributed by atoms with E-state index in [0.29, 0.717) is 37.8 Å². The number of carbonyl (C=O) groups is 1. The summed E-state index contributed by atoms with van der Waals surface area (Å²) in [7, 11) is 0. The Morgan fingerprint density at radius 2 is 2.00 bits per heavy atom. The van der Waals surface area contributed by atoms with Crippen molar-refractivity contribution in [3.8, 4) is 0 Å². The Morgan fingerprint density at radius 3 is 2.74 bits per heavy atom. The number of thiocarbonyl (C=S) groups is 1. The first-order chi connectivity index (χ1) is 14.9. The Balaban J connectivity index is 1.76. The van der Waals surface area contributed by atoms with Crippen molar-refractivity contribution in [1.29, 1.82) is 0 Å². The molecule has 1 N–H and O–H groups in total. The van der Waals surface area contributed by atoms with Crippen LogP contribution in [0.5, 0.6) is 0 Å². The minimum absolute atomic E-state index is 0.249. The SMILES string of the molecule is CCNc1nc2ccc(C)cn2c(=O)c1C=C1SC(=S)N(Cc2ccccc2Cl)C1=O. The van der Waals surface area contributed by atoms with Gasteiger partial charge in [-0.3, -0.25) is 18.9 Å². The number of anilines is 1. The number of hydrogen-bond acceptors (Lipinski definition) is 6. The number of nitrogens with zero attached hydrogens (tertiary/aromatic N) is 3. The number of aryl methyl sites for hydroxylation is 1. The van der Waals surface area contributed by atoms with Crippen LogP contribution in [0.25, 0.3) is 11.7 Å². The molecule has 1 aromatic carbocycles. The third-order valence-electron chi connectivity index (χ3n) is 4.79. The summed E-state index contributed by atoms with van der Waals surface area (Å²) in [5.41, 5.74) is 2.35. The van der Waals surface area contributed by atoms with E-state index < -0.39 is 0 Å². The normalized spacial score (nSPS) is 15.3. The van der Waals surface area contributed by atoms with Crippen molar-refractivity contribution in [2.75, 3.05) is 11.9 Å². The summed E-state index contributed by atoms with van der Waals surface area (Å²) in [5, 5.41) is 3.70. The highest BCUT2D eigenvalue weighted by Gasteiger charge is 2.33. The van der Waals surface area contributed by atoms with Gasteiger partial charge in [0.2, 0.25) is 0 Å². The summed E-state index contributed by atoms with van der Waals surface area (Å²) in [6.07, 6.45) is 3.31. The second kappa shape index (κ2) is 8.82. The maximum absolute atomic E-state index is 13.2. The summed E-state index contributed by atoms with van der Waals surface area (Å²) in [4.78, 5) is 32.8. The van der Waals surface area contributed by atoms with Gasteiger partial charge in [-0.1, -0.05) is 59.8 Å². The van der Waals surface area contributed by atoms with Crippen molar-refractivity contribution < 1.29 is 4.79 Å². The van der Waals surface area contributed by atoms with Gasteiger partial charge in [0.1, 0.15) is 15.8 Å². The van der Waals surface area contributed by atoms with E-state index in [9.17, 15) is 9.59 Å². The van der Waals surface area contributed by atoms with E-state index in [1.807, 2.05) is 38.1 Å². The van der Waals surface area contributed by atoms with Crippen molar-refractivity contribution in [3.05, 3.63) is 79.6 Å². The van der Waals surface area contributed by atoms with E-state index in [1.54, 1.807) is 24.4 Å². The van der Waals surface area contributed by atoms with Crippen LogP contribution in [0.15, 0.2) is 52.3 Å². The zero-order valence-corrected chi connectivity index (χ0v) is 19.3. The molecule has 9 heteroatoms. The Hall–Kier alpha value is -2.68. The quantitative estimate of drug-likeness (QED) is 0.437. The van der Waals surface area contributed by atoms with Gasteiger partial charge < -0.3 is 5.32 Å². The number of benzene rings is 1. The van der Waals surface area contributed by atoms with E-state index in [4.69, 9.17) is 23.8 Å². The van der Waals surface area contributed by atoms with E-state index in [2.05, 4.69) is 10.3 Å². The molecule has 0 saturated carbocycles. The zero-order valence-electron chi connectivity index (χ0n) is 16.9. The third-order valence-corrected chi connectivity index (χ3v) is 6.53. The highest BCUT2D eigenvalue weighted by atomic mass is 35.5. The molecule has 1 aliphatic heterocycles. The van der Waals surface area contributed by atoms with E-state index in [-0.39, 0.29) is 18.0 Å². The van der Waals surface area contributed by atoms with Gasteiger partial charge in [-0.2, -0.15) is 0 Å². The first-order valence-corrected chi connectivity index (χ1v) is 11.2. The maximum atomic E-state index is 13.2. The number of halogens is 1. The molecule has 6 nitrogen and oxygen atoms in total. The molecule has 3 aromatic rings. The largest absolute Gasteiger partial charge is 0.370 e. The van der Waals surface area contributed by atoms with E-state index in [1.165, 1.54) is 21.1 Å². The lowest BCUT2D eigenvalue weighted by Gasteiger charge is -2.15. The Kier molecular flexibility index (Phi) is 6.13. The Labute approximate surface area is 193 Å². The number of thioether (sulfide) groups is 1. The molecular formula is C22H19ClN4O2S2. The zero-order chi connectivity index (χ0) is 22.1. The monoisotopic (exact) mass is 470 g/mol. The van der Waals surface area contributed by atoms with Gasteiger partial charge in [0.15, 0.2) is 0 Å². The number of amides is 1. The van der Waals surface area contributed by atoms with Gasteiger partial charge in [-0.15, -0.1) is 0 Å². The highest BCUT2D eigenvalue weighted by Crippen LogP contribution is 2.34. The molecule has 1 amide bonds. The summed E-state index contributed by atoms with van der Waals surface area (Å²) in [6, 6.07) is 11.0. The van der Waals surface area contributed by atoms with Gasteiger partial charge in [0.05, 0.1) is 17.0 Å². The van der Waals surface area contributed by atoms with Crippen LogP contribution in [0.2, 0.25) is 5.02 Å². The van der Waals surface area contributed by atoms with Crippen LogP contribution < -0.4 is 10.9 Å². The number of carbonyl (C=O) groups excluding carboxylic acids is 1. The van der Waals surface area contributed by atoms with Crippen LogP contribution in [0.1, 0.15) is 23.6 Å². The number of pyridine rings is 1. The molecule has 0 atom stereocenters. The van der Waals surface area contributed by atoms with E-state index in [0.717, 1.165) is 11.1 Å². The fourth-order valence-corrected chi connectivity index (χ4v) is 4.69. The molecule has 0 aliphatic carbocycles. The molecule has 4 rings (SSSR count). The van der Waals surface area contributed by atoms with Crippen molar-refractivity contribution in [2.24, 2.45) is 0 Å². The van der Waals surface area contributed by atoms with Gasteiger partial charge in [0.25, 0.3) is 11.5 Å². The molecule has 0 radical (unpaired) electrons. The van der Waals surface area contributed by atoms with Crippen LogP contribution in [-0.4, -0.2) is 31.1 Å². The number of aromatic nitrogens is 2. The molecule has 0 spiro atoms. The van der Waals surface area contributed by atoms with Crippen LogP contribution in [-0.2, 0) is 11.3 Å². The molecule has 31 heavy (non-hydrogen) atoms. The van der Waals surface area contributed by atoms with E-state index >= 15 is 0 Å². The van der Waals surface area contributed by atoms with Crippen molar-refractivity contribution in [1.82, 2.24) is 14.3 Å². The number of nitrogens with one attached hydrogen (secondary N) is 1. The average Bonchev–Trinajstić information content (AvgIpc) is 3.00. The topological polar surface area (TPSA) is 66.7 Å². The van der Waals surface area contributed by atoms with Crippen molar-refractivity contribution in [2.45, 2.75) is 20.4 Å². The van der Waals surface area contributed by atoms with Crippen LogP contribution in [0.3, 0.4) is 0 Å². The second-order valence-electron chi connectivity index (χ2n) is 7.00. The Bertz CT molecular complexity index is 1300. The predicted molar refractivity (Wildman–Crippen MR) is 131 cm³/mol. The first kappa shape index (κ1) is 21.5. The van der Waals surface area contributed by atoms with Gasteiger partial charge >= 0.3 is 0 Å². The summed E-state index contributed by atoms with van der Waals surface area (Å²) in [5.74, 6) is 0.179. The molecule has 1 saturated heterocycles. The van der Waals surface area contributed by atoms with Gasteiger partial charge in [0, 0.05) is 17.8 Å². The molecule has 1 aliphatic rings.